The lowest BCUT2D eigenvalue weighted by atomic mass is 10.1. The first kappa shape index (κ1) is 13.4. The van der Waals surface area contributed by atoms with E-state index in [9.17, 15) is 4.79 Å². The fourth-order valence-corrected chi connectivity index (χ4v) is 2.00. The molecule has 100 valence electrons. The van der Waals surface area contributed by atoms with Gasteiger partial charge in [0.05, 0.1) is 11.1 Å². The van der Waals surface area contributed by atoms with Gasteiger partial charge in [-0.25, -0.2) is 0 Å². The van der Waals surface area contributed by atoms with Gasteiger partial charge in [-0.15, -0.1) is 0 Å². The van der Waals surface area contributed by atoms with Crippen LogP contribution in [0.15, 0.2) is 30.6 Å². The Labute approximate surface area is 112 Å². The van der Waals surface area contributed by atoms with Gasteiger partial charge < -0.3 is 10.6 Å². The van der Waals surface area contributed by atoms with Crippen LogP contribution in [0.5, 0.6) is 0 Å². The predicted molar refractivity (Wildman–Crippen MR) is 74.7 cm³/mol. The summed E-state index contributed by atoms with van der Waals surface area (Å²) in [6.07, 6.45) is 3.22. The Kier molecular flexibility index (Phi) is 4.06. The first-order chi connectivity index (χ1) is 9.13. The molecule has 1 aromatic heterocycles. The van der Waals surface area contributed by atoms with Crippen molar-refractivity contribution in [1.29, 1.82) is 0 Å². The smallest absolute Gasteiger partial charge is 0.255 e. The molecule has 1 amide bonds. The predicted octanol–water partition coefficient (Wildman–Crippen LogP) is 1.30. The highest BCUT2D eigenvalue weighted by atomic mass is 16.2. The monoisotopic (exact) mass is 258 g/mol. The third kappa shape index (κ3) is 2.88. The van der Waals surface area contributed by atoms with Crippen LogP contribution in [-0.2, 0) is 0 Å². The molecule has 1 unspecified atom stereocenters. The molecule has 19 heavy (non-hydrogen) atoms. The second-order valence-corrected chi connectivity index (χ2v) is 4.76. The van der Waals surface area contributed by atoms with Crippen molar-refractivity contribution in [2.24, 2.45) is 11.7 Å². The Morgan fingerprint density at radius 1 is 1.37 bits per heavy atom. The molecule has 0 fully saturated rings. The Hall–Kier alpha value is -2.01. The summed E-state index contributed by atoms with van der Waals surface area (Å²) in [5.41, 5.74) is 7.54. The lowest BCUT2D eigenvalue weighted by Crippen LogP contribution is -2.33. The lowest BCUT2D eigenvalue weighted by molar-refractivity contribution is 0.0779. The highest BCUT2D eigenvalue weighted by Crippen LogP contribution is 2.15. The van der Waals surface area contributed by atoms with E-state index in [1.807, 2.05) is 19.1 Å². The van der Waals surface area contributed by atoms with Crippen molar-refractivity contribution in [3.8, 4) is 0 Å². The number of para-hydroxylation sites is 1. The number of fused-ring (bicyclic) bond motifs is 1. The molecule has 0 radical (unpaired) electrons. The minimum atomic E-state index is -0.0496. The summed E-state index contributed by atoms with van der Waals surface area (Å²) in [4.78, 5) is 22.6. The number of amides is 1. The van der Waals surface area contributed by atoms with E-state index in [1.165, 1.54) is 0 Å². The standard InChI is InChI=1S/C14H18N4O/c1-10(8-15)9-18(2)14(19)11-4-3-5-12-13(11)17-7-6-16-12/h3-7,10H,8-9,15H2,1-2H3. The van der Waals surface area contributed by atoms with E-state index in [-0.39, 0.29) is 11.8 Å². The van der Waals surface area contributed by atoms with E-state index in [2.05, 4.69) is 9.97 Å². The van der Waals surface area contributed by atoms with Gasteiger partial charge in [-0.2, -0.15) is 0 Å². The van der Waals surface area contributed by atoms with Gasteiger partial charge in [0, 0.05) is 26.0 Å². The molecule has 0 saturated heterocycles. The number of nitrogens with two attached hydrogens (primary N) is 1. The average Bonchev–Trinajstić information content (AvgIpc) is 2.45. The fraction of sp³-hybridized carbons (Fsp3) is 0.357. The normalized spacial score (nSPS) is 12.4. The largest absolute Gasteiger partial charge is 0.341 e. The zero-order chi connectivity index (χ0) is 13.8. The maximum Gasteiger partial charge on any atom is 0.255 e. The van der Waals surface area contributed by atoms with Gasteiger partial charge in [0.1, 0.15) is 5.52 Å². The second-order valence-electron chi connectivity index (χ2n) is 4.76. The van der Waals surface area contributed by atoms with Crippen LogP contribution < -0.4 is 5.73 Å². The SMILES string of the molecule is CC(CN)CN(C)C(=O)c1cccc2nccnc12. The number of hydrogen-bond donors (Lipinski definition) is 1. The van der Waals surface area contributed by atoms with E-state index < -0.39 is 0 Å². The molecule has 0 aliphatic heterocycles. The number of aromatic nitrogens is 2. The minimum absolute atomic E-state index is 0.0496. The Morgan fingerprint density at radius 3 is 2.84 bits per heavy atom. The maximum absolute atomic E-state index is 12.4. The van der Waals surface area contributed by atoms with Crippen LogP contribution in [0, 0.1) is 5.92 Å². The number of rotatable bonds is 4. The van der Waals surface area contributed by atoms with Gasteiger partial charge in [-0.3, -0.25) is 14.8 Å². The molecule has 2 aromatic rings. The Balaban J connectivity index is 2.31. The average molecular weight is 258 g/mol. The number of benzene rings is 1. The summed E-state index contributed by atoms with van der Waals surface area (Å²) in [7, 11) is 1.78. The van der Waals surface area contributed by atoms with Crippen LogP contribution in [0.3, 0.4) is 0 Å². The third-order valence-electron chi connectivity index (χ3n) is 3.06. The summed E-state index contributed by atoms with van der Waals surface area (Å²) in [5.74, 6) is 0.224. The summed E-state index contributed by atoms with van der Waals surface area (Å²) in [6.45, 7) is 3.21. The molecular formula is C14H18N4O. The molecule has 0 spiro atoms. The molecular weight excluding hydrogens is 240 g/mol. The summed E-state index contributed by atoms with van der Waals surface area (Å²) >= 11 is 0. The highest BCUT2D eigenvalue weighted by molar-refractivity contribution is 6.04. The molecule has 1 heterocycles. The van der Waals surface area contributed by atoms with Crippen LogP contribution in [-0.4, -0.2) is 40.9 Å². The Morgan fingerprint density at radius 2 is 2.11 bits per heavy atom. The van der Waals surface area contributed by atoms with Crippen molar-refractivity contribution < 1.29 is 4.79 Å². The Bertz CT molecular complexity index is 579. The topological polar surface area (TPSA) is 72.1 Å². The van der Waals surface area contributed by atoms with E-state index >= 15 is 0 Å². The molecule has 0 bridgehead atoms. The van der Waals surface area contributed by atoms with Crippen LogP contribution in [0.25, 0.3) is 11.0 Å². The van der Waals surface area contributed by atoms with E-state index in [0.717, 1.165) is 5.52 Å². The minimum Gasteiger partial charge on any atom is -0.341 e. The van der Waals surface area contributed by atoms with Gasteiger partial charge in [0.2, 0.25) is 0 Å². The van der Waals surface area contributed by atoms with Gasteiger partial charge in [-0.05, 0) is 24.6 Å². The van der Waals surface area contributed by atoms with Crippen molar-refractivity contribution in [3.05, 3.63) is 36.2 Å². The fourth-order valence-electron chi connectivity index (χ4n) is 2.00. The first-order valence-electron chi connectivity index (χ1n) is 6.28. The molecule has 0 saturated carbocycles. The van der Waals surface area contributed by atoms with Crippen molar-refractivity contribution in [2.45, 2.75) is 6.92 Å². The van der Waals surface area contributed by atoms with Crippen molar-refractivity contribution >= 4 is 16.9 Å². The van der Waals surface area contributed by atoms with Crippen LogP contribution in [0.4, 0.5) is 0 Å². The maximum atomic E-state index is 12.4. The van der Waals surface area contributed by atoms with Crippen LogP contribution in [0.2, 0.25) is 0 Å². The van der Waals surface area contributed by atoms with E-state index in [0.29, 0.717) is 24.2 Å². The number of carbonyl (C=O) groups is 1. The summed E-state index contributed by atoms with van der Waals surface area (Å²) in [5, 5.41) is 0. The van der Waals surface area contributed by atoms with Gasteiger partial charge in [0.25, 0.3) is 5.91 Å². The van der Waals surface area contributed by atoms with E-state index in [1.54, 1.807) is 30.4 Å². The van der Waals surface area contributed by atoms with Crippen molar-refractivity contribution in [3.63, 3.8) is 0 Å². The second kappa shape index (κ2) is 5.75. The zero-order valence-electron chi connectivity index (χ0n) is 11.2. The molecule has 2 N–H and O–H groups in total. The summed E-state index contributed by atoms with van der Waals surface area (Å²) < 4.78 is 0. The molecule has 5 heteroatoms. The third-order valence-corrected chi connectivity index (χ3v) is 3.06. The first-order valence-corrected chi connectivity index (χ1v) is 6.28. The van der Waals surface area contributed by atoms with Gasteiger partial charge in [-0.1, -0.05) is 13.0 Å². The lowest BCUT2D eigenvalue weighted by Gasteiger charge is -2.21. The molecule has 5 nitrogen and oxygen atoms in total. The van der Waals surface area contributed by atoms with Gasteiger partial charge >= 0.3 is 0 Å². The molecule has 1 aromatic carbocycles. The number of nitrogens with zero attached hydrogens (tertiary/aromatic N) is 3. The van der Waals surface area contributed by atoms with Crippen molar-refractivity contribution in [2.75, 3.05) is 20.1 Å². The molecule has 1 atom stereocenters. The molecule has 0 aliphatic carbocycles. The van der Waals surface area contributed by atoms with Gasteiger partial charge in [0.15, 0.2) is 0 Å². The summed E-state index contributed by atoms with van der Waals surface area (Å²) in [6, 6.07) is 5.45. The quantitative estimate of drug-likeness (QED) is 0.897. The van der Waals surface area contributed by atoms with Crippen LogP contribution in [0.1, 0.15) is 17.3 Å². The number of carbonyl (C=O) groups excluding carboxylic acids is 1. The van der Waals surface area contributed by atoms with E-state index in [4.69, 9.17) is 5.73 Å². The number of hydrogen-bond acceptors (Lipinski definition) is 4. The zero-order valence-corrected chi connectivity index (χ0v) is 11.2. The van der Waals surface area contributed by atoms with Crippen molar-refractivity contribution in [1.82, 2.24) is 14.9 Å². The molecule has 2 rings (SSSR count). The molecule has 0 aliphatic rings. The highest BCUT2D eigenvalue weighted by Gasteiger charge is 2.17. The van der Waals surface area contributed by atoms with Crippen LogP contribution >= 0.6 is 0 Å².